The third kappa shape index (κ3) is 3.58. The summed E-state index contributed by atoms with van der Waals surface area (Å²) in [7, 11) is 1.73. The number of methoxy groups -OCH3 is 1. The average molecular weight is 290 g/mol. The minimum Gasteiger partial charge on any atom is -0.496 e. The van der Waals surface area contributed by atoms with Crippen LogP contribution in [0.5, 0.6) is 5.75 Å². The maximum atomic E-state index is 5.91. The van der Waals surface area contributed by atoms with Crippen molar-refractivity contribution in [2.24, 2.45) is 17.7 Å². The second kappa shape index (κ2) is 7.28. The van der Waals surface area contributed by atoms with Crippen molar-refractivity contribution in [1.29, 1.82) is 0 Å². The molecule has 1 aliphatic carbocycles. The van der Waals surface area contributed by atoms with Gasteiger partial charge in [0.1, 0.15) is 5.75 Å². The Labute approximate surface area is 129 Å². The van der Waals surface area contributed by atoms with E-state index < -0.39 is 0 Å². The van der Waals surface area contributed by atoms with Gasteiger partial charge < -0.3 is 4.74 Å². The highest BCUT2D eigenvalue weighted by Gasteiger charge is 2.28. The van der Waals surface area contributed by atoms with E-state index in [1.54, 1.807) is 7.11 Å². The van der Waals surface area contributed by atoms with Gasteiger partial charge in [-0.2, -0.15) is 0 Å². The van der Waals surface area contributed by atoms with Crippen LogP contribution >= 0.6 is 0 Å². The maximum Gasteiger partial charge on any atom is 0.122 e. The van der Waals surface area contributed by atoms with Crippen LogP contribution in [0.1, 0.15) is 61.8 Å². The molecule has 0 heterocycles. The molecule has 118 valence electrons. The number of benzene rings is 1. The van der Waals surface area contributed by atoms with Gasteiger partial charge in [-0.05, 0) is 61.3 Å². The number of hydrogen-bond donors (Lipinski definition) is 2. The van der Waals surface area contributed by atoms with Crippen molar-refractivity contribution in [3.05, 3.63) is 28.8 Å². The first-order valence-electron chi connectivity index (χ1n) is 8.21. The lowest BCUT2D eigenvalue weighted by molar-refractivity contribution is 0.219. The van der Waals surface area contributed by atoms with Crippen LogP contribution in [0.3, 0.4) is 0 Å². The van der Waals surface area contributed by atoms with Gasteiger partial charge in [-0.25, -0.2) is 0 Å². The molecule has 2 rings (SSSR count). The smallest absolute Gasteiger partial charge is 0.122 e. The number of nitrogens with two attached hydrogens (primary N) is 1. The van der Waals surface area contributed by atoms with E-state index in [1.165, 1.54) is 48.8 Å². The number of ether oxygens (including phenoxy) is 1. The number of hydrogen-bond acceptors (Lipinski definition) is 3. The zero-order chi connectivity index (χ0) is 15.4. The molecule has 1 aromatic carbocycles. The van der Waals surface area contributed by atoms with Crippen LogP contribution in [-0.2, 0) is 0 Å². The Hall–Kier alpha value is -1.06. The third-order valence-corrected chi connectivity index (χ3v) is 5.24. The van der Waals surface area contributed by atoms with Crippen LogP contribution in [0.15, 0.2) is 12.1 Å². The van der Waals surface area contributed by atoms with Crippen molar-refractivity contribution in [3.63, 3.8) is 0 Å². The molecule has 21 heavy (non-hydrogen) atoms. The number of nitrogens with one attached hydrogen (secondary N) is 1. The van der Waals surface area contributed by atoms with Crippen LogP contribution < -0.4 is 16.0 Å². The highest BCUT2D eigenvalue weighted by atomic mass is 16.5. The van der Waals surface area contributed by atoms with Crippen molar-refractivity contribution in [1.82, 2.24) is 5.43 Å². The minimum atomic E-state index is 0.257. The summed E-state index contributed by atoms with van der Waals surface area (Å²) >= 11 is 0. The fourth-order valence-corrected chi connectivity index (χ4v) is 3.78. The van der Waals surface area contributed by atoms with E-state index >= 15 is 0 Å². The lowest BCUT2D eigenvalue weighted by Gasteiger charge is -2.34. The van der Waals surface area contributed by atoms with E-state index in [1.807, 2.05) is 0 Å². The van der Waals surface area contributed by atoms with Crippen molar-refractivity contribution in [2.75, 3.05) is 7.11 Å². The predicted octanol–water partition coefficient (Wildman–Crippen LogP) is 4.03. The summed E-state index contributed by atoms with van der Waals surface area (Å²) in [5.41, 5.74) is 6.86. The third-order valence-electron chi connectivity index (χ3n) is 5.24. The molecule has 1 saturated carbocycles. The van der Waals surface area contributed by atoms with Crippen molar-refractivity contribution in [3.8, 4) is 5.75 Å². The van der Waals surface area contributed by atoms with E-state index in [0.29, 0.717) is 5.92 Å². The number of rotatable bonds is 5. The van der Waals surface area contributed by atoms with Gasteiger partial charge in [-0.15, -0.1) is 0 Å². The van der Waals surface area contributed by atoms with E-state index in [0.717, 1.165) is 11.7 Å². The Morgan fingerprint density at radius 1 is 1.19 bits per heavy atom. The molecule has 0 radical (unpaired) electrons. The van der Waals surface area contributed by atoms with Gasteiger partial charge in [0.2, 0.25) is 0 Å². The number of hydrazine groups is 1. The van der Waals surface area contributed by atoms with Gasteiger partial charge in [0.15, 0.2) is 0 Å². The molecule has 3 heteroatoms. The minimum absolute atomic E-state index is 0.257. The summed E-state index contributed by atoms with van der Waals surface area (Å²) < 4.78 is 5.42. The molecule has 0 aromatic heterocycles. The Balaban J connectivity index is 2.20. The molecule has 1 unspecified atom stereocenters. The molecule has 1 fully saturated rings. The first-order valence-corrected chi connectivity index (χ1v) is 8.21. The van der Waals surface area contributed by atoms with Crippen LogP contribution in [0.2, 0.25) is 0 Å². The van der Waals surface area contributed by atoms with E-state index in [4.69, 9.17) is 10.6 Å². The van der Waals surface area contributed by atoms with Crippen molar-refractivity contribution in [2.45, 2.75) is 58.9 Å². The number of aryl methyl sites for hydroxylation is 2. The summed E-state index contributed by atoms with van der Waals surface area (Å²) in [4.78, 5) is 0. The molecule has 0 aliphatic heterocycles. The van der Waals surface area contributed by atoms with Crippen LogP contribution in [0, 0.1) is 25.7 Å². The molecular weight excluding hydrogens is 260 g/mol. The first kappa shape index (κ1) is 16.3. The molecule has 1 aliphatic rings. The zero-order valence-electron chi connectivity index (χ0n) is 13.9. The van der Waals surface area contributed by atoms with Crippen molar-refractivity contribution < 1.29 is 4.74 Å². The topological polar surface area (TPSA) is 47.3 Å². The fraction of sp³-hybridized carbons (Fsp3) is 0.667. The molecule has 0 amide bonds. The molecule has 1 aromatic rings. The maximum absolute atomic E-state index is 5.91. The normalized spacial score (nSPS) is 23.9. The van der Waals surface area contributed by atoms with Gasteiger partial charge >= 0.3 is 0 Å². The summed E-state index contributed by atoms with van der Waals surface area (Å²) in [6.45, 7) is 6.56. The fourth-order valence-electron chi connectivity index (χ4n) is 3.78. The largest absolute Gasteiger partial charge is 0.496 e. The van der Waals surface area contributed by atoms with Crippen LogP contribution in [0.25, 0.3) is 0 Å². The summed E-state index contributed by atoms with van der Waals surface area (Å²) in [5.74, 6) is 8.43. The summed E-state index contributed by atoms with van der Waals surface area (Å²) in [6, 6.07) is 4.63. The quantitative estimate of drug-likeness (QED) is 0.635. The average Bonchev–Trinajstić information content (AvgIpc) is 2.51. The van der Waals surface area contributed by atoms with Gasteiger partial charge in [0.25, 0.3) is 0 Å². The lowest BCUT2D eigenvalue weighted by atomic mass is 9.75. The highest BCUT2D eigenvalue weighted by molar-refractivity contribution is 5.43. The summed E-state index contributed by atoms with van der Waals surface area (Å²) in [5, 5.41) is 0. The second-order valence-electron chi connectivity index (χ2n) is 6.51. The Morgan fingerprint density at radius 2 is 1.86 bits per heavy atom. The Bertz CT molecular complexity index is 465. The van der Waals surface area contributed by atoms with Gasteiger partial charge in [-0.3, -0.25) is 11.3 Å². The molecule has 0 saturated heterocycles. The van der Waals surface area contributed by atoms with Crippen molar-refractivity contribution >= 4 is 0 Å². The Kier molecular flexibility index (Phi) is 5.65. The standard InChI is InChI=1S/C18H30N2O/c1-5-14-6-8-15(9-7-14)18(20-19)16-10-13(3)17(21-4)11-12(16)2/h10-11,14-15,18,20H,5-9,19H2,1-4H3. The SMILES string of the molecule is CCC1CCC(C(NN)c2cc(C)c(OC)cc2C)CC1. The van der Waals surface area contributed by atoms with Gasteiger partial charge in [-0.1, -0.05) is 32.3 Å². The molecule has 0 bridgehead atoms. The highest BCUT2D eigenvalue weighted by Crippen LogP contribution is 2.39. The molecule has 0 spiro atoms. The molecule has 3 nitrogen and oxygen atoms in total. The van der Waals surface area contributed by atoms with E-state index in [2.05, 4.69) is 38.3 Å². The van der Waals surface area contributed by atoms with Gasteiger partial charge in [0, 0.05) is 6.04 Å². The van der Waals surface area contributed by atoms with E-state index in [9.17, 15) is 0 Å². The molecule has 3 N–H and O–H groups in total. The zero-order valence-corrected chi connectivity index (χ0v) is 13.9. The first-order chi connectivity index (χ1) is 10.1. The van der Waals surface area contributed by atoms with Crippen LogP contribution in [0.4, 0.5) is 0 Å². The molecular formula is C18H30N2O. The van der Waals surface area contributed by atoms with Gasteiger partial charge in [0.05, 0.1) is 7.11 Å². The van der Waals surface area contributed by atoms with Crippen LogP contribution in [-0.4, -0.2) is 7.11 Å². The lowest BCUT2D eigenvalue weighted by Crippen LogP contribution is -2.35. The van der Waals surface area contributed by atoms with E-state index in [-0.39, 0.29) is 6.04 Å². The predicted molar refractivity (Wildman–Crippen MR) is 88.3 cm³/mol. The molecule has 1 atom stereocenters. The summed E-state index contributed by atoms with van der Waals surface area (Å²) in [6.07, 6.45) is 6.55. The second-order valence-corrected chi connectivity index (χ2v) is 6.51. The Morgan fingerprint density at radius 3 is 2.38 bits per heavy atom. The monoisotopic (exact) mass is 290 g/mol.